The summed E-state index contributed by atoms with van der Waals surface area (Å²) in [6.45, 7) is 8.07. The topological polar surface area (TPSA) is 71.1 Å². The van der Waals surface area contributed by atoms with Crippen LogP contribution in [-0.2, 0) is 18.9 Å². The molecule has 1 aliphatic rings. The van der Waals surface area contributed by atoms with Crippen LogP contribution in [-0.4, -0.2) is 25.5 Å². The van der Waals surface area contributed by atoms with Gasteiger partial charge in [0.15, 0.2) is 0 Å². The molecule has 6 heteroatoms. The standard InChI is InChI=1S/C21H26O6/c1-4-24-13-26-20(22)17-11-12-18(16-9-7-6-8-10-16)19(15(17)3)21(23)27-14-25-5-2/h4-5,11-12,16H,1-2,6-10,13-14H2,3H3. The summed E-state index contributed by atoms with van der Waals surface area (Å²) < 4.78 is 20.0. The smallest absolute Gasteiger partial charge is 0.341 e. The van der Waals surface area contributed by atoms with Gasteiger partial charge in [0.2, 0.25) is 13.6 Å². The summed E-state index contributed by atoms with van der Waals surface area (Å²) >= 11 is 0. The van der Waals surface area contributed by atoms with Crippen molar-refractivity contribution in [2.75, 3.05) is 13.6 Å². The Morgan fingerprint density at radius 3 is 2.19 bits per heavy atom. The molecule has 0 aliphatic heterocycles. The van der Waals surface area contributed by atoms with Crippen LogP contribution >= 0.6 is 0 Å². The summed E-state index contributed by atoms with van der Waals surface area (Å²) in [6, 6.07) is 3.53. The SMILES string of the molecule is C=COCOC(=O)c1ccc(C2CCCCC2)c(C(=O)OCOC=C)c1C. The number of rotatable bonds is 9. The molecule has 1 fully saturated rings. The third-order valence-corrected chi connectivity index (χ3v) is 4.72. The first-order valence-electron chi connectivity index (χ1n) is 9.02. The highest BCUT2D eigenvalue weighted by molar-refractivity contribution is 5.99. The molecule has 0 bridgehead atoms. The van der Waals surface area contributed by atoms with Crippen LogP contribution in [0.2, 0.25) is 0 Å². The van der Waals surface area contributed by atoms with E-state index in [2.05, 4.69) is 13.2 Å². The van der Waals surface area contributed by atoms with E-state index in [1.165, 1.54) is 18.9 Å². The van der Waals surface area contributed by atoms with Gasteiger partial charge in [-0.2, -0.15) is 0 Å². The van der Waals surface area contributed by atoms with Gasteiger partial charge in [0.1, 0.15) is 0 Å². The van der Waals surface area contributed by atoms with E-state index in [1.54, 1.807) is 13.0 Å². The van der Waals surface area contributed by atoms with E-state index >= 15 is 0 Å². The Bertz CT molecular complexity index is 688. The van der Waals surface area contributed by atoms with Crippen molar-refractivity contribution < 1.29 is 28.5 Å². The Hall–Kier alpha value is -2.76. The molecule has 0 atom stereocenters. The minimum Gasteiger partial charge on any atom is -0.466 e. The first-order chi connectivity index (χ1) is 13.1. The molecular weight excluding hydrogens is 348 g/mol. The maximum atomic E-state index is 12.7. The molecule has 6 nitrogen and oxygen atoms in total. The normalized spacial score (nSPS) is 14.1. The second-order valence-electron chi connectivity index (χ2n) is 6.30. The minimum atomic E-state index is -0.569. The number of carbonyl (C=O) groups excluding carboxylic acids is 2. The number of hydrogen-bond donors (Lipinski definition) is 0. The Balaban J connectivity index is 2.34. The molecule has 0 aromatic heterocycles. The first kappa shape index (κ1) is 20.6. The summed E-state index contributed by atoms with van der Waals surface area (Å²) in [5, 5.41) is 0. The predicted molar refractivity (Wildman–Crippen MR) is 100 cm³/mol. The second-order valence-corrected chi connectivity index (χ2v) is 6.30. The number of benzene rings is 1. The van der Waals surface area contributed by atoms with Gasteiger partial charge in [-0.15, -0.1) is 0 Å². The maximum Gasteiger partial charge on any atom is 0.341 e. The molecule has 0 saturated heterocycles. The molecule has 0 heterocycles. The fourth-order valence-electron chi connectivity index (χ4n) is 3.40. The fourth-order valence-corrected chi connectivity index (χ4v) is 3.40. The van der Waals surface area contributed by atoms with Crippen LogP contribution in [0.25, 0.3) is 0 Å². The summed E-state index contributed by atoms with van der Waals surface area (Å²) in [5.74, 6) is -0.817. The van der Waals surface area contributed by atoms with Crippen LogP contribution in [0.15, 0.2) is 37.8 Å². The van der Waals surface area contributed by atoms with Gasteiger partial charge in [0.25, 0.3) is 0 Å². The highest BCUT2D eigenvalue weighted by Crippen LogP contribution is 2.36. The Morgan fingerprint density at radius 1 is 1.00 bits per heavy atom. The minimum absolute atomic E-state index is 0.228. The van der Waals surface area contributed by atoms with Crippen LogP contribution < -0.4 is 0 Å². The molecule has 0 spiro atoms. The summed E-state index contributed by atoms with van der Waals surface area (Å²) in [6.07, 6.45) is 7.88. The molecule has 0 unspecified atom stereocenters. The Kier molecular flexibility index (Phi) is 7.92. The largest absolute Gasteiger partial charge is 0.466 e. The Morgan fingerprint density at radius 2 is 1.59 bits per heavy atom. The van der Waals surface area contributed by atoms with Crippen molar-refractivity contribution in [3.8, 4) is 0 Å². The van der Waals surface area contributed by atoms with Gasteiger partial charge in [-0.3, -0.25) is 0 Å². The van der Waals surface area contributed by atoms with Crippen LogP contribution in [0.1, 0.15) is 69.9 Å². The molecular formula is C21H26O6. The van der Waals surface area contributed by atoms with Gasteiger partial charge in [-0.25, -0.2) is 9.59 Å². The molecule has 0 N–H and O–H groups in total. The lowest BCUT2D eigenvalue weighted by molar-refractivity contribution is 0.000615. The number of carbonyl (C=O) groups is 2. The van der Waals surface area contributed by atoms with E-state index in [1.807, 2.05) is 6.07 Å². The van der Waals surface area contributed by atoms with Gasteiger partial charge >= 0.3 is 11.9 Å². The Labute approximate surface area is 159 Å². The molecule has 27 heavy (non-hydrogen) atoms. The average molecular weight is 374 g/mol. The van der Waals surface area contributed by atoms with Crippen molar-refractivity contribution in [2.24, 2.45) is 0 Å². The first-order valence-corrected chi connectivity index (χ1v) is 9.02. The van der Waals surface area contributed by atoms with Crippen LogP contribution in [0.5, 0.6) is 0 Å². The molecule has 0 amide bonds. The predicted octanol–water partition coefficient (Wildman–Crippen LogP) is 4.59. The van der Waals surface area contributed by atoms with Crippen LogP contribution in [0, 0.1) is 6.92 Å². The molecule has 1 aromatic rings. The van der Waals surface area contributed by atoms with E-state index in [0.29, 0.717) is 16.7 Å². The van der Waals surface area contributed by atoms with E-state index in [0.717, 1.165) is 31.2 Å². The van der Waals surface area contributed by atoms with Crippen molar-refractivity contribution in [2.45, 2.75) is 44.9 Å². The quantitative estimate of drug-likeness (QED) is 0.272. The summed E-state index contributed by atoms with van der Waals surface area (Å²) in [4.78, 5) is 25.0. The second kappa shape index (κ2) is 10.4. The maximum absolute atomic E-state index is 12.7. The monoisotopic (exact) mass is 374 g/mol. The number of esters is 2. The van der Waals surface area contributed by atoms with E-state index in [-0.39, 0.29) is 19.5 Å². The summed E-state index contributed by atoms with van der Waals surface area (Å²) in [5.41, 5.74) is 2.16. The van der Waals surface area contributed by atoms with E-state index in [4.69, 9.17) is 18.9 Å². The van der Waals surface area contributed by atoms with Gasteiger partial charge in [0.05, 0.1) is 23.7 Å². The van der Waals surface area contributed by atoms with Crippen LogP contribution in [0.4, 0.5) is 0 Å². The van der Waals surface area contributed by atoms with E-state index in [9.17, 15) is 9.59 Å². The lowest BCUT2D eigenvalue weighted by Gasteiger charge is -2.25. The third kappa shape index (κ3) is 5.36. The average Bonchev–Trinajstić information content (AvgIpc) is 2.68. The van der Waals surface area contributed by atoms with Crippen molar-refractivity contribution >= 4 is 11.9 Å². The molecule has 1 aliphatic carbocycles. The lowest BCUT2D eigenvalue weighted by Crippen LogP contribution is -2.18. The third-order valence-electron chi connectivity index (χ3n) is 4.72. The summed E-state index contributed by atoms with van der Waals surface area (Å²) in [7, 11) is 0. The van der Waals surface area contributed by atoms with Gasteiger partial charge in [-0.1, -0.05) is 38.5 Å². The fraction of sp³-hybridized carbons (Fsp3) is 0.429. The van der Waals surface area contributed by atoms with Crippen molar-refractivity contribution in [1.82, 2.24) is 0 Å². The molecule has 146 valence electrons. The van der Waals surface area contributed by atoms with Crippen molar-refractivity contribution in [3.05, 3.63) is 60.1 Å². The van der Waals surface area contributed by atoms with Gasteiger partial charge in [0, 0.05) is 0 Å². The number of ether oxygens (including phenoxy) is 4. The van der Waals surface area contributed by atoms with Crippen molar-refractivity contribution in [3.63, 3.8) is 0 Å². The zero-order valence-corrected chi connectivity index (χ0v) is 15.7. The molecule has 2 rings (SSSR count). The zero-order valence-electron chi connectivity index (χ0n) is 15.7. The molecule has 0 radical (unpaired) electrons. The highest BCUT2D eigenvalue weighted by atomic mass is 16.7. The molecule has 1 aromatic carbocycles. The van der Waals surface area contributed by atoms with E-state index < -0.39 is 11.9 Å². The van der Waals surface area contributed by atoms with Gasteiger partial charge in [-0.05, 0) is 42.9 Å². The van der Waals surface area contributed by atoms with Crippen molar-refractivity contribution in [1.29, 1.82) is 0 Å². The molecule has 1 saturated carbocycles. The highest BCUT2D eigenvalue weighted by Gasteiger charge is 2.27. The lowest BCUT2D eigenvalue weighted by atomic mass is 9.80. The van der Waals surface area contributed by atoms with Gasteiger partial charge < -0.3 is 18.9 Å². The zero-order chi connectivity index (χ0) is 19.6. The van der Waals surface area contributed by atoms with Crippen LogP contribution in [0.3, 0.4) is 0 Å². The number of hydrogen-bond acceptors (Lipinski definition) is 6.